The van der Waals surface area contributed by atoms with Crippen molar-refractivity contribution in [2.45, 2.75) is 13.3 Å². The van der Waals surface area contributed by atoms with E-state index in [2.05, 4.69) is 17.9 Å². The van der Waals surface area contributed by atoms with E-state index in [9.17, 15) is 4.79 Å². The third-order valence-corrected chi connectivity index (χ3v) is 3.46. The van der Waals surface area contributed by atoms with Gasteiger partial charge in [-0.3, -0.25) is 9.69 Å². The quantitative estimate of drug-likeness (QED) is 0.828. The van der Waals surface area contributed by atoms with Crippen LogP contribution in [0.15, 0.2) is 24.3 Å². The predicted molar refractivity (Wildman–Crippen MR) is 73.8 cm³/mol. The fourth-order valence-corrected chi connectivity index (χ4v) is 2.36. The summed E-state index contributed by atoms with van der Waals surface area (Å²) in [7, 11) is 0. The minimum absolute atomic E-state index is 0.0700. The maximum absolute atomic E-state index is 12.3. The van der Waals surface area contributed by atoms with Crippen molar-refractivity contribution >= 4 is 5.91 Å². The second kappa shape index (κ2) is 6.35. The van der Waals surface area contributed by atoms with Gasteiger partial charge in [0.15, 0.2) is 0 Å². The van der Waals surface area contributed by atoms with Crippen molar-refractivity contribution in [2.75, 3.05) is 32.7 Å². The smallest absolute Gasteiger partial charge is 0.253 e. The van der Waals surface area contributed by atoms with Crippen LogP contribution in [0, 0.1) is 11.3 Å². The number of rotatable bonds is 3. The minimum Gasteiger partial charge on any atom is -0.336 e. The molecule has 0 aromatic heterocycles. The number of hydrogen-bond donors (Lipinski definition) is 0. The first-order valence-electron chi connectivity index (χ1n) is 6.76. The standard InChI is InChI=1S/C15H19N3O/c1-2-7-17-8-10-18(11-9-17)15(19)14-5-3-13(12-16)4-6-14/h3-6H,2,7-11H2,1H3. The first-order chi connectivity index (χ1) is 9.24. The lowest BCUT2D eigenvalue weighted by molar-refractivity contribution is 0.0637. The van der Waals surface area contributed by atoms with Crippen LogP contribution in [0.2, 0.25) is 0 Å². The molecule has 0 spiro atoms. The van der Waals surface area contributed by atoms with Crippen molar-refractivity contribution in [1.29, 1.82) is 5.26 Å². The van der Waals surface area contributed by atoms with Crippen molar-refractivity contribution in [2.24, 2.45) is 0 Å². The van der Waals surface area contributed by atoms with E-state index in [4.69, 9.17) is 5.26 Å². The summed E-state index contributed by atoms with van der Waals surface area (Å²) in [6.45, 7) is 6.77. The van der Waals surface area contributed by atoms with E-state index in [-0.39, 0.29) is 5.91 Å². The van der Waals surface area contributed by atoms with Crippen molar-refractivity contribution in [1.82, 2.24) is 9.80 Å². The molecule has 2 rings (SSSR count). The molecule has 1 aliphatic heterocycles. The van der Waals surface area contributed by atoms with Crippen molar-refractivity contribution < 1.29 is 4.79 Å². The maximum atomic E-state index is 12.3. The second-order valence-electron chi connectivity index (χ2n) is 4.82. The van der Waals surface area contributed by atoms with E-state index in [0.29, 0.717) is 11.1 Å². The molecule has 0 bridgehead atoms. The minimum atomic E-state index is 0.0700. The molecule has 0 atom stereocenters. The van der Waals surface area contributed by atoms with Crippen LogP contribution in [0.3, 0.4) is 0 Å². The number of nitrogens with zero attached hydrogens (tertiary/aromatic N) is 3. The summed E-state index contributed by atoms with van der Waals surface area (Å²) in [5.74, 6) is 0.0700. The molecule has 4 heteroatoms. The summed E-state index contributed by atoms with van der Waals surface area (Å²) in [6.07, 6.45) is 1.16. The summed E-state index contributed by atoms with van der Waals surface area (Å²) in [4.78, 5) is 16.6. The van der Waals surface area contributed by atoms with Gasteiger partial charge in [-0.1, -0.05) is 6.92 Å². The second-order valence-corrected chi connectivity index (χ2v) is 4.82. The average molecular weight is 257 g/mol. The largest absolute Gasteiger partial charge is 0.336 e. The van der Waals surface area contributed by atoms with Gasteiger partial charge in [-0.25, -0.2) is 0 Å². The van der Waals surface area contributed by atoms with E-state index >= 15 is 0 Å². The third-order valence-electron chi connectivity index (χ3n) is 3.46. The first-order valence-corrected chi connectivity index (χ1v) is 6.76. The number of benzene rings is 1. The van der Waals surface area contributed by atoms with E-state index in [1.54, 1.807) is 24.3 Å². The lowest BCUT2D eigenvalue weighted by atomic mass is 10.1. The third kappa shape index (κ3) is 3.33. The lowest BCUT2D eigenvalue weighted by Crippen LogP contribution is -2.48. The molecule has 0 radical (unpaired) electrons. The number of piperazine rings is 1. The molecule has 100 valence electrons. The van der Waals surface area contributed by atoms with Crippen LogP contribution in [0.1, 0.15) is 29.3 Å². The van der Waals surface area contributed by atoms with Gasteiger partial charge in [0.05, 0.1) is 11.6 Å². The van der Waals surface area contributed by atoms with Crippen molar-refractivity contribution in [3.8, 4) is 6.07 Å². The Morgan fingerprint density at radius 2 is 1.84 bits per heavy atom. The molecule has 1 saturated heterocycles. The fourth-order valence-electron chi connectivity index (χ4n) is 2.36. The molecule has 0 unspecified atom stereocenters. The number of carbonyl (C=O) groups excluding carboxylic acids is 1. The Bertz CT molecular complexity index is 467. The molecule has 1 aromatic carbocycles. The van der Waals surface area contributed by atoms with Gasteiger partial charge in [0.2, 0.25) is 0 Å². The molecule has 0 saturated carbocycles. The van der Waals surface area contributed by atoms with Gasteiger partial charge in [-0.05, 0) is 37.2 Å². The van der Waals surface area contributed by atoms with Gasteiger partial charge >= 0.3 is 0 Å². The molecule has 1 heterocycles. The summed E-state index contributed by atoms with van der Waals surface area (Å²) in [5, 5.41) is 8.74. The molecule has 19 heavy (non-hydrogen) atoms. The SMILES string of the molecule is CCCN1CCN(C(=O)c2ccc(C#N)cc2)CC1. The fraction of sp³-hybridized carbons (Fsp3) is 0.467. The number of hydrogen-bond acceptors (Lipinski definition) is 3. The van der Waals surface area contributed by atoms with Crippen LogP contribution in [0.4, 0.5) is 0 Å². The van der Waals surface area contributed by atoms with Crippen molar-refractivity contribution in [3.05, 3.63) is 35.4 Å². The van der Waals surface area contributed by atoms with Gasteiger partial charge in [0.25, 0.3) is 5.91 Å². The van der Waals surface area contributed by atoms with Crippen molar-refractivity contribution in [3.63, 3.8) is 0 Å². The highest BCUT2D eigenvalue weighted by molar-refractivity contribution is 5.94. The van der Waals surface area contributed by atoms with Gasteiger partial charge in [-0.2, -0.15) is 5.26 Å². The highest BCUT2D eigenvalue weighted by Gasteiger charge is 2.21. The van der Waals surface area contributed by atoms with Gasteiger partial charge in [0.1, 0.15) is 0 Å². The molecular weight excluding hydrogens is 238 g/mol. The number of amides is 1. The summed E-state index contributed by atoms with van der Waals surface area (Å²) in [6, 6.07) is 8.92. The van der Waals surface area contributed by atoms with Gasteiger partial charge in [-0.15, -0.1) is 0 Å². The van der Waals surface area contributed by atoms with Crippen LogP contribution in [-0.4, -0.2) is 48.4 Å². The highest BCUT2D eigenvalue weighted by atomic mass is 16.2. The number of carbonyl (C=O) groups is 1. The van der Waals surface area contributed by atoms with Crippen LogP contribution in [0.5, 0.6) is 0 Å². The molecule has 0 aliphatic carbocycles. The van der Waals surface area contributed by atoms with E-state index in [1.807, 2.05) is 4.90 Å². The lowest BCUT2D eigenvalue weighted by Gasteiger charge is -2.34. The van der Waals surface area contributed by atoms with Crippen LogP contribution < -0.4 is 0 Å². The Morgan fingerprint density at radius 3 is 2.37 bits per heavy atom. The zero-order valence-electron chi connectivity index (χ0n) is 11.3. The molecular formula is C15H19N3O. The van der Waals surface area contributed by atoms with Crippen LogP contribution in [0.25, 0.3) is 0 Å². The van der Waals surface area contributed by atoms with E-state index in [1.165, 1.54) is 0 Å². The molecule has 1 aromatic rings. The predicted octanol–water partition coefficient (Wildman–Crippen LogP) is 1.73. The summed E-state index contributed by atoms with van der Waals surface area (Å²) in [5.41, 5.74) is 1.26. The maximum Gasteiger partial charge on any atom is 0.253 e. The monoisotopic (exact) mass is 257 g/mol. The highest BCUT2D eigenvalue weighted by Crippen LogP contribution is 2.10. The molecule has 1 aliphatic rings. The van der Waals surface area contributed by atoms with E-state index < -0.39 is 0 Å². The van der Waals surface area contributed by atoms with Gasteiger partial charge in [0, 0.05) is 31.7 Å². The normalized spacial score (nSPS) is 16.1. The topological polar surface area (TPSA) is 47.3 Å². The first kappa shape index (κ1) is 13.6. The molecule has 1 fully saturated rings. The number of nitriles is 1. The molecule has 0 N–H and O–H groups in total. The zero-order valence-corrected chi connectivity index (χ0v) is 11.3. The van der Waals surface area contributed by atoms with Crippen LogP contribution >= 0.6 is 0 Å². The van der Waals surface area contributed by atoms with Gasteiger partial charge < -0.3 is 4.90 Å². The average Bonchev–Trinajstić information content (AvgIpc) is 2.48. The van der Waals surface area contributed by atoms with E-state index in [0.717, 1.165) is 39.1 Å². The summed E-state index contributed by atoms with van der Waals surface area (Å²) < 4.78 is 0. The molecule has 4 nitrogen and oxygen atoms in total. The Kier molecular flexibility index (Phi) is 4.53. The molecule has 1 amide bonds. The van der Waals surface area contributed by atoms with Crippen LogP contribution in [-0.2, 0) is 0 Å². The Hall–Kier alpha value is -1.86. The Balaban J connectivity index is 1.95. The summed E-state index contributed by atoms with van der Waals surface area (Å²) >= 11 is 0. The Morgan fingerprint density at radius 1 is 1.21 bits per heavy atom. The zero-order chi connectivity index (χ0) is 13.7. The Labute approximate surface area is 114 Å².